The summed E-state index contributed by atoms with van der Waals surface area (Å²) in [7, 11) is 0. The van der Waals surface area contributed by atoms with Crippen LogP contribution in [0.3, 0.4) is 0 Å². The summed E-state index contributed by atoms with van der Waals surface area (Å²) in [4.78, 5) is 14.7. The van der Waals surface area contributed by atoms with Gasteiger partial charge in [0.15, 0.2) is 0 Å². The first-order valence-electron chi connectivity index (χ1n) is 9.33. The summed E-state index contributed by atoms with van der Waals surface area (Å²) in [5, 5.41) is 7.56. The molecule has 0 radical (unpaired) electrons. The lowest BCUT2D eigenvalue weighted by atomic mass is 9.80. The van der Waals surface area contributed by atoms with Gasteiger partial charge in [-0.05, 0) is 74.1 Å². The maximum atomic E-state index is 12.7. The molecule has 4 heterocycles. The van der Waals surface area contributed by atoms with Crippen LogP contribution in [0.5, 0.6) is 0 Å². The number of nitrogens with zero attached hydrogens (tertiary/aromatic N) is 3. The number of aryl methyl sites for hydroxylation is 1. The summed E-state index contributed by atoms with van der Waals surface area (Å²) >= 11 is 0. The Labute approximate surface area is 152 Å². The number of rotatable bonds is 2. The number of nitrogens with one attached hydrogen (secondary N) is 1. The lowest BCUT2D eigenvalue weighted by Crippen LogP contribution is -2.62. The van der Waals surface area contributed by atoms with Crippen molar-refractivity contribution < 1.29 is 4.79 Å². The Bertz CT molecular complexity index is 979. The SMILES string of the molecule is Cc1ccc(NC(=O)N2C3CCCC2C3)cc1-c1cnn2cccc2c1. The monoisotopic (exact) mass is 346 g/mol. The maximum absolute atomic E-state index is 12.7. The normalized spacial score (nSPS) is 21.5. The fraction of sp³-hybridized carbons (Fsp3) is 0.333. The van der Waals surface area contributed by atoms with Crippen LogP contribution in [-0.4, -0.2) is 32.6 Å². The van der Waals surface area contributed by atoms with Crippen LogP contribution in [0, 0.1) is 6.92 Å². The molecule has 1 aromatic carbocycles. The summed E-state index contributed by atoms with van der Waals surface area (Å²) < 4.78 is 1.85. The largest absolute Gasteiger partial charge is 0.322 e. The highest BCUT2D eigenvalue weighted by atomic mass is 16.2. The van der Waals surface area contributed by atoms with Crippen molar-refractivity contribution in [3.8, 4) is 11.1 Å². The van der Waals surface area contributed by atoms with Gasteiger partial charge in [-0.2, -0.15) is 5.10 Å². The van der Waals surface area contributed by atoms with Crippen LogP contribution in [0.4, 0.5) is 10.5 Å². The molecule has 26 heavy (non-hydrogen) atoms. The predicted molar refractivity (Wildman–Crippen MR) is 102 cm³/mol. The number of amides is 2. The standard InChI is InChI=1S/C21H22N4O/c1-14-7-8-16(23-21(26)25-18-4-2-5-19(25)12-18)11-20(14)15-10-17-6-3-9-24(17)22-13-15/h3,6-11,13,18-19H,2,4-5,12H2,1H3,(H,23,26). The van der Waals surface area contributed by atoms with Gasteiger partial charge < -0.3 is 10.2 Å². The van der Waals surface area contributed by atoms with E-state index in [0.717, 1.165) is 35.2 Å². The van der Waals surface area contributed by atoms with E-state index < -0.39 is 0 Å². The summed E-state index contributed by atoms with van der Waals surface area (Å²) in [5.74, 6) is 0. The minimum atomic E-state index is 0.0425. The van der Waals surface area contributed by atoms with E-state index in [9.17, 15) is 4.79 Å². The lowest BCUT2D eigenvalue weighted by Gasteiger charge is -2.52. The number of benzene rings is 1. The molecule has 2 aromatic heterocycles. The van der Waals surface area contributed by atoms with Crippen LogP contribution < -0.4 is 5.32 Å². The van der Waals surface area contributed by atoms with Gasteiger partial charge in [0, 0.05) is 29.5 Å². The number of carbonyl (C=O) groups is 1. The Morgan fingerprint density at radius 1 is 1.19 bits per heavy atom. The average Bonchev–Trinajstić information content (AvgIpc) is 3.11. The number of fused-ring (bicyclic) bond motifs is 3. The van der Waals surface area contributed by atoms with Crippen molar-refractivity contribution in [3.05, 3.63) is 54.4 Å². The third kappa shape index (κ3) is 2.46. The van der Waals surface area contributed by atoms with Crippen molar-refractivity contribution in [3.63, 3.8) is 0 Å². The van der Waals surface area contributed by atoms with Crippen LogP contribution in [0.2, 0.25) is 0 Å². The van der Waals surface area contributed by atoms with E-state index in [1.165, 1.54) is 18.4 Å². The van der Waals surface area contributed by atoms with Crippen molar-refractivity contribution in [1.29, 1.82) is 0 Å². The second kappa shape index (κ2) is 5.87. The first kappa shape index (κ1) is 15.4. The van der Waals surface area contributed by atoms with Gasteiger partial charge in [-0.3, -0.25) is 0 Å². The molecule has 132 valence electrons. The second-order valence-corrected chi connectivity index (χ2v) is 7.46. The van der Waals surface area contributed by atoms with Crippen molar-refractivity contribution >= 4 is 17.2 Å². The molecule has 0 spiro atoms. The molecule has 5 rings (SSSR count). The molecule has 5 heteroatoms. The van der Waals surface area contributed by atoms with Crippen LogP contribution in [0.1, 0.15) is 31.2 Å². The van der Waals surface area contributed by atoms with E-state index in [1.807, 2.05) is 40.0 Å². The maximum Gasteiger partial charge on any atom is 0.322 e. The molecule has 2 saturated heterocycles. The second-order valence-electron chi connectivity index (χ2n) is 7.46. The fourth-order valence-corrected chi connectivity index (χ4v) is 4.41. The molecule has 2 atom stereocenters. The van der Waals surface area contributed by atoms with E-state index in [0.29, 0.717) is 12.1 Å². The minimum absolute atomic E-state index is 0.0425. The zero-order chi connectivity index (χ0) is 17.7. The van der Waals surface area contributed by atoms with Gasteiger partial charge in [-0.1, -0.05) is 6.07 Å². The zero-order valence-corrected chi connectivity index (χ0v) is 14.9. The van der Waals surface area contributed by atoms with E-state index in [-0.39, 0.29) is 6.03 Å². The lowest BCUT2D eigenvalue weighted by molar-refractivity contribution is 0.0173. The molecule has 2 unspecified atom stereocenters. The molecule has 5 nitrogen and oxygen atoms in total. The first-order valence-corrected chi connectivity index (χ1v) is 9.33. The third-order valence-electron chi connectivity index (χ3n) is 5.82. The van der Waals surface area contributed by atoms with Crippen molar-refractivity contribution in [2.24, 2.45) is 0 Å². The molecule has 2 aliphatic heterocycles. The van der Waals surface area contributed by atoms with Gasteiger partial charge >= 0.3 is 6.03 Å². The van der Waals surface area contributed by atoms with Gasteiger partial charge in [0.2, 0.25) is 0 Å². The fourth-order valence-electron chi connectivity index (χ4n) is 4.41. The molecule has 2 bridgehead atoms. The quantitative estimate of drug-likeness (QED) is 0.744. The zero-order valence-electron chi connectivity index (χ0n) is 14.9. The molecule has 1 N–H and O–H groups in total. The highest BCUT2D eigenvalue weighted by Gasteiger charge is 2.44. The molecule has 2 amide bonds. The van der Waals surface area contributed by atoms with Gasteiger partial charge in [-0.15, -0.1) is 0 Å². The van der Waals surface area contributed by atoms with Crippen LogP contribution in [-0.2, 0) is 0 Å². The molecular weight excluding hydrogens is 324 g/mol. The van der Waals surface area contributed by atoms with Crippen LogP contribution in [0.25, 0.3) is 16.6 Å². The number of carbonyl (C=O) groups excluding carboxylic acids is 1. The Balaban J connectivity index is 1.42. The molecule has 0 aliphatic carbocycles. The highest BCUT2D eigenvalue weighted by molar-refractivity contribution is 5.91. The van der Waals surface area contributed by atoms with Crippen molar-refractivity contribution in [2.75, 3.05) is 5.32 Å². The van der Waals surface area contributed by atoms with Gasteiger partial charge in [0.1, 0.15) is 0 Å². The van der Waals surface area contributed by atoms with Gasteiger partial charge in [-0.25, -0.2) is 9.31 Å². The number of hydrogen-bond acceptors (Lipinski definition) is 2. The predicted octanol–water partition coefficient (Wildman–Crippen LogP) is 4.47. The number of piperidine rings is 1. The average molecular weight is 346 g/mol. The third-order valence-corrected chi connectivity index (χ3v) is 5.82. The van der Waals surface area contributed by atoms with Crippen molar-refractivity contribution in [2.45, 2.75) is 44.7 Å². The molecule has 2 aliphatic rings. The van der Waals surface area contributed by atoms with E-state index in [2.05, 4.69) is 35.5 Å². The number of aromatic nitrogens is 2. The van der Waals surface area contributed by atoms with Crippen LogP contribution >= 0.6 is 0 Å². The Kier molecular flexibility index (Phi) is 3.48. The Morgan fingerprint density at radius 3 is 2.85 bits per heavy atom. The number of urea groups is 1. The summed E-state index contributed by atoms with van der Waals surface area (Å²) in [6.07, 6.45) is 8.53. The van der Waals surface area contributed by atoms with Gasteiger partial charge in [0.05, 0.1) is 11.7 Å². The topological polar surface area (TPSA) is 49.6 Å². The Morgan fingerprint density at radius 2 is 2.04 bits per heavy atom. The minimum Gasteiger partial charge on any atom is -0.318 e. The highest BCUT2D eigenvalue weighted by Crippen LogP contribution is 2.38. The first-order chi connectivity index (χ1) is 12.7. The molecule has 3 aromatic rings. The molecule has 2 fully saturated rings. The van der Waals surface area contributed by atoms with E-state index in [1.54, 1.807) is 0 Å². The smallest absolute Gasteiger partial charge is 0.318 e. The van der Waals surface area contributed by atoms with Gasteiger partial charge in [0.25, 0.3) is 0 Å². The number of anilines is 1. The molecular formula is C21H22N4O. The summed E-state index contributed by atoms with van der Waals surface area (Å²) in [6.45, 7) is 2.09. The summed E-state index contributed by atoms with van der Waals surface area (Å²) in [6, 6.07) is 13.2. The molecule has 0 saturated carbocycles. The Hall–Kier alpha value is -2.82. The van der Waals surface area contributed by atoms with Crippen LogP contribution in [0.15, 0.2) is 48.8 Å². The number of hydrogen-bond donors (Lipinski definition) is 1. The summed E-state index contributed by atoms with van der Waals surface area (Å²) in [5.41, 5.74) is 5.23. The van der Waals surface area contributed by atoms with Crippen molar-refractivity contribution in [1.82, 2.24) is 14.5 Å². The van der Waals surface area contributed by atoms with E-state index in [4.69, 9.17) is 0 Å². The van der Waals surface area contributed by atoms with E-state index >= 15 is 0 Å².